The van der Waals surface area contributed by atoms with E-state index in [1.165, 1.54) is 19.3 Å². The molecular formula is C13H25ClO2. The average Bonchev–Trinajstić information content (AvgIpc) is 2.62. The molecule has 1 rings (SSSR count). The van der Waals surface area contributed by atoms with Gasteiger partial charge in [-0.05, 0) is 24.7 Å². The molecule has 0 aromatic heterocycles. The van der Waals surface area contributed by atoms with Crippen molar-refractivity contribution in [2.45, 2.75) is 53.9 Å². The molecule has 0 aromatic carbocycles. The quantitative estimate of drug-likeness (QED) is 0.599. The third-order valence-electron chi connectivity index (χ3n) is 4.39. The summed E-state index contributed by atoms with van der Waals surface area (Å²) in [6, 6.07) is 0. The first-order chi connectivity index (χ1) is 7.26. The zero-order chi connectivity index (χ0) is 13.0. The van der Waals surface area contributed by atoms with Gasteiger partial charge in [-0.2, -0.15) is 0 Å². The first-order valence-electron chi connectivity index (χ1n) is 6.06. The summed E-state index contributed by atoms with van der Waals surface area (Å²) >= 11 is 5.38. The number of rotatable bonds is 4. The van der Waals surface area contributed by atoms with E-state index in [9.17, 15) is 4.79 Å². The first kappa shape index (κ1) is 15.8. The highest BCUT2D eigenvalue weighted by molar-refractivity contribution is 6.17. The fourth-order valence-corrected chi connectivity index (χ4v) is 2.27. The van der Waals surface area contributed by atoms with Crippen molar-refractivity contribution in [2.24, 2.45) is 16.7 Å². The molecule has 0 bridgehead atoms. The van der Waals surface area contributed by atoms with E-state index in [2.05, 4.69) is 6.92 Å². The minimum atomic E-state index is -0.662. The molecule has 0 amide bonds. The molecule has 1 fully saturated rings. The SMILES string of the molecule is CC1C(C)(C)C1(C)C(=O)O.CCCCCCl. The zero-order valence-electron chi connectivity index (χ0n) is 11.1. The van der Waals surface area contributed by atoms with Crippen LogP contribution in [0.15, 0.2) is 0 Å². The van der Waals surface area contributed by atoms with Crippen LogP contribution in [-0.4, -0.2) is 17.0 Å². The van der Waals surface area contributed by atoms with E-state index in [-0.39, 0.29) is 5.41 Å². The van der Waals surface area contributed by atoms with E-state index in [1.807, 2.05) is 27.7 Å². The molecule has 2 nitrogen and oxygen atoms in total. The summed E-state index contributed by atoms with van der Waals surface area (Å²) in [7, 11) is 0. The van der Waals surface area contributed by atoms with Crippen LogP contribution in [0.5, 0.6) is 0 Å². The summed E-state index contributed by atoms with van der Waals surface area (Å²) in [5.74, 6) is 0.468. The summed E-state index contributed by atoms with van der Waals surface area (Å²) in [6.45, 7) is 10.00. The van der Waals surface area contributed by atoms with Gasteiger partial charge in [-0.1, -0.05) is 40.5 Å². The second-order valence-corrected chi connectivity index (χ2v) is 5.72. The van der Waals surface area contributed by atoms with Gasteiger partial charge in [0.2, 0.25) is 0 Å². The highest BCUT2D eigenvalue weighted by atomic mass is 35.5. The predicted molar refractivity (Wildman–Crippen MR) is 68.9 cm³/mol. The molecule has 0 aromatic rings. The molecule has 3 heteroatoms. The maximum absolute atomic E-state index is 10.7. The number of aliphatic carboxylic acids is 1. The van der Waals surface area contributed by atoms with Gasteiger partial charge in [0.15, 0.2) is 0 Å². The van der Waals surface area contributed by atoms with Crippen molar-refractivity contribution in [3.63, 3.8) is 0 Å². The Morgan fingerprint density at radius 2 is 1.75 bits per heavy atom. The molecule has 0 heterocycles. The topological polar surface area (TPSA) is 37.3 Å². The average molecular weight is 249 g/mol. The second-order valence-electron chi connectivity index (χ2n) is 5.35. The van der Waals surface area contributed by atoms with Crippen LogP contribution in [-0.2, 0) is 4.79 Å². The summed E-state index contributed by atoms with van der Waals surface area (Å²) in [5, 5.41) is 8.82. The van der Waals surface area contributed by atoms with Gasteiger partial charge >= 0.3 is 5.97 Å². The smallest absolute Gasteiger partial charge is 0.310 e. The fraction of sp³-hybridized carbons (Fsp3) is 0.923. The lowest BCUT2D eigenvalue weighted by atomic mass is 9.99. The van der Waals surface area contributed by atoms with Crippen LogP contribution in [0, 0.1) is 16.7 Å². The molecule has 0 radical (unpaired) electrons. The van der Waals surface area contributed by atoms with Gasteiger partial charge in [-0.3, -0.25) is 4.79 Å². The molecule has 1 N–H and O–H groups in total. The minimum Gasteiger partial charge on any atom is -0.481 e. The van der Waals surface area contributed by atoms with Crippen LogP contribution in [0.1, 0.15) is 53.9 Å². The van der Waals surface area contributed by atoms with E-state index >= 15 is 0 Å². The second kappa shape index (κ2) is 5.90. The van der Waals surface area contributed by atoms with E-state index in [1.54, 1.807) is 0 Å². The van der Waals surface area contributed by atoms with Crippen LogP contribution < -0.4 is 0 Å². The van der Waals surface area contributed by atoms with E-state index in [4.69, 9.17) is 16.7 Å². The lowest BCUT2D eigenvalue weighted by Crippen LogP contribution is -2.16. The van der Waals surface area contributed by atoms with Crippen LogP contribution in [0.25, 0.3) is 0 Å². The van der Waals surface area contributed by atoms with Gasteiger partial charge < -0.3 is 5.11 Å². The lowest BCUT2D eigenvalue weighted by Gasteiger charge is -2.06. The number of unbranched alkanes of at least 4 members (excludes halogenated alkanes) is 2. The Kier molecular flexibility index (Phi) is 5.81. The fourth-order valence-electron chi connectivity index (χ4n) is 2.08. The van der Waals surface area contributed by atoms with Crippen LogP contribution >= 0.6 is 11.6 Å². The Balaban J connectivity index is 0.000000325. The number of alkyl halides is 1. The molecule has 1 aliphatic carbocycles. The van der Waals surface area contributed by atoms with Crippen LogP contribution in [0.3, 0.4) is 0 Å². The summed E-state index contributed by atoms with van der Waals surface area (Å²) in [5.41, 5.74) is -0.494. The third-order valence-corrected chi connectivity index (χ3v) is 4.65. The van der Waals surface area contributed by atoms with Gasteiger partial charge in [0.1, 0.15) is 0 Å². The van der Waals surface area contributed by atoms with Gasteiger partial charge in [0, 0.05) is 5.88 Å². The number of carboxylic acid groups (broad SMARTS) is 1. The van der Waals surface area contributed by atoms with Crippen molar-refractivity contribution in [2.75, 3.05) is 5.88 Å². The monoisotopic (exact) mass is 248 g/mol. The number of carbonyl (C=O) groups is 1. The number of halogens is 1. The summed E-state index contributed by atoms with van der Waals surface area (Å²) < 4.78 is 0. The van der Waals surface area contributed by atoms with Crippen molar-refractivity contribution in [3.05, 3.63) is 0 Å². The lowest BCUT2D eigenvalue weighted by molar-refractivity contribution is -0.144. The molecule has 0 aliphatic heterocycles. The summed E-state index contributed by atoms with van der Waals surface area (Å²) in [6.07, 6.45) is 3.73. The van der Waals surface area contributed by atoms with E-state index < -0.39 is 11.4 Å². The molecule has 1 aliphatic rings. The molecular weight excluding hydrogens is 224 g/mol. The molecule has 0 spiro atoms. The normalized spacial score (nSPS) is 30.2. The zero-order valence-corrected chi connectivity index (χ0v) is 11.9. The highest BCUT2D eigenvalue weighted by Gasteiger charge is 2.70. The standard InChI is InChI=1S/C8H14O2.C5H11Cl/c1-5-7(2,3)8(5,4)6(9)10;1-2-3-4-5-6/h5H,1-4H3,(H,9,10);2-5H2,1H3. The van der Waals surface area contributed by atoms with Crippen LogP contribution in [0.4, 0.5) is 0 Å². The van der Waals surface area contributed by atoms with Crippen molar-refractivity contribution < 1.29 is 9.90 Å². The third kappa shape index (κ3) is 2.91. The maximum atomic E-state index is 10.7. The Morgan fingerprint density at radius 3 is 1.81 bits per heavy atom. The number of hydrogen-bond donors (Lipinski definition) is 1. The predicted octanol–water partition coefficient (Wildman–Crippen LogP) is 4.17. The molecule has 96 valence electrons. The molecule has 0 saturated heterocycles. The van der Waals surface area contributed by atoms with Crippen molar-refractivity contribution in [3.8, 4) is 0 Å². The van der Waals surface area contributed by atoms with Gasteiger partial charge in [0.05, 0.1) is 5.41 Å². The Labute approximate surface area is 104 Å². The van der Waals surface area contributed by atoms with Crippen LogP contribution in [0.2, 0.25) is 0 Å². The van der Waals surface area contributed by atoms with Gasteiger partial charge in [-0.15, -0.1) is 11.6 Å². The highest BCUT2D eigenvalue weighted by Crippen LogP contribution is 2.68. The largest absolute Gasteiger partial charge is 0.481 e. The number of hydrogen-bond acceptors (Lipinski definition) is 1. The van der Waals surface area contributed by atoms with Crippen molar-refractivity contribution in [1.29, 1.82) is 0 Å². The molecule has 2 atom stereocenters. The Hall–Kier alpha value is -0.240. The maximum Gasteiger partial charge on any atom is 0.310 e. The number of carboxylic acids is 1. The van der Waals surface area contributed by atoms with E-state index in [0.29, 0.717) is 5.92 Å². The Morgan fingerprint density at radius 1 is 1.31 bits per heavy atom. The Bertz CT molecular complexity index is 234. The molecule has 1 saturated carbocycles. The molecule has 16 heavy (non-hydrogen) atoms. The first-order valence-corrected chi connectivity index (χ1v) is 6.59. The van der Waals surface area contributed by atoms with E-state index in [0.717, 1.165) is 5.88 Å². The van der Waals surface area contributed by atoms with Gasteiger partial charge in [0.25, 0.3) is 0 Å². The van der Waals surface area contributed by atoms with Gasteiger partial charge in [-0.25, -0.2) is 0 Å². The minimum absolute atomic E-state index is 0.0150. The molecule has 2 unspecified atom stereocenters. The van der Waals surface area contributed by atoms with Crippen molar-refractivity contribution >= 4 is 17.6 Å². The summed E-state index contributed by atoms with van der Waals surface area (Å²) in [4.78, 5) is 10.7. The van der Waals surface area contributed by atoms with Crippen molar-refractivity contribution in [1.82, 2.24) is 0 Å².